The highest BCUT2D eigenvalue weighted by Crippen LogP contribution is 2.23. The normalized spacial score (nSPS) is 26.5. The third-order valence-corrected chi connectivity index (χ3v) is 2.23. The zero-order valence-electron chi connectivity index (χ0n) is 6.09. The molecule has 0 aromatic rings. The number of halogens is 2. The van der Waals surface area contributed by atoms with Gasteiger partial charge in [0.25, 0.3) is 0 Å². The lowest BCUT2D eigenvalue weighted by Crippen LogP contribution is -2.35. The molecule has 12 heavy (non-hydrogen) atoms. The van der Waals surface area contributed by atoms with E-state index in [1.54, 1.807) is 0 Å². The molecule has 0 spiro atoms. The second kappa shape index (κ2) is 2.96. The van der Waals surface area contributed by atoms with Crippen LogP contribution in [0.15, 0.2) is 40.0 Å². The van der Waals surface area contributed by atoms with Crippen LogP contribution >= 0.6 is 23.2 Å². The lowest BCUT2D eigenvalue weighted by Gasteiger charge is -2.22. The summed E-state index contributed by atoms with van der Waals surface area (Å²) in [5.74, 6) is 0. The molecule has 2 aliphatic rings. The van der Waals surface area contributed by atoms with Gasteiger partial charge in [-0.05, 0) is 11.6 Å². The number of fused-ring (bicyclic) bond motifs is 1. The molecule has 4 heteroatoms. The highest BCUT2D eigenvalue weighted by molar-refractivity contribution is 6.65. The number of amidine groups is 1. The molecule has 0 fully saturated rings. The first-order valence-electron chi connectivity index (χ1n) is 3.52. The van der Waals surface area contributed by atoms with Crippen molar-refractivity contribution in [3.63, 3.8) is 0 Å². The third-order valence-electron chi connectivity index (χ3n) is 1.73. The van der Waals surface area contributed by atoms with Crippen molar-refractivity contribution < 1.29 is 0 Å². The van der Waals surface area contributed by atoms with Crippen LogP contribution in [0.3, 0.4) is 0 Å². The van der Waals surface area contributed by atoms with Crippen LogP contribution < -0.4 is 5.32 Å². The van der Waals surface area contributed by atoms with Gasteiger partial charge in [-0.25, -0.2) is 4.99 Å². The van der Waals surface area contributed by atoms with Crippen LogP contribution in [0.25, 0.3) is 0 Å². The second-order valence-electron chi connectivity index (χ2n) is 2.51. The van der Waals surface area contributed by atoms with Gasteiger partial charge in [0.2, 0.25) is 0 Å². The summed E-state index contributed by atoms with van der Waals surface area (Å²) in [5.41, 5.74) is 0.962. The van der Waals surface area contributed by atoms with Gasteiger partial charge in [-0.1, -0.05) is 35.9 Å². The standard InChI is InChI=1S/C8H6Cl2N2/c9-7-5-3-1-2-4-6(5)11-8(10)12-7/h1-4,6H,(H,11,12). The van der Waals surface area contributed by atoms with Gasteiger partial charge in [0.05, 0.1) is 6.04 Å². The minimum Gasteiger partial charge on any atom is -0.350 e. The van der Waals surface area contributed by atoms with E-state index in [4.69, 9.17) is 23.2 Å². The molecule has 2 rings (SSSR count). The Labute approximate surface area is 80.3 Å². The van der Waals surface area contributed by atoms with E-state index >= 15 is 0 Å². The Kier molecular flexibility index (Phi) is 1.95. The minimum atomic E-state index is 0.0764. The molecule has 1 aliphatic heterocycles. The fraction of sp³-hybridized carbons (Fsp3) is 0.125. The predicted molar refractivity (Wildman–Crippen MR) is 51.4 cm³/mol. The third kappa shape index (κ3) is 1.28. The largest absolute Gasteiger partial charge is 0.350 e. The van der Waals surface area contributed by atoms with E-state index in [1.165, 1.54) is 0 Å². The van der Waals surface area contributed by atoms with E-state index < -0.39 is 0 Å². The van der Waals surface area contributed by atoms with Crippen LogP contribution in [-0.2, 0) is 0 Å². The van der Waals surface area contributed by atoms with Gasteiger partial charge in [0.1, 0.15) is 5.16 Å². The number of nitrogens with zero attached hydrogens (tertiary/aromatic N) is 1. The number of hydrogen-bond acceptors (Lipinski definition) is 2. The zero-order chi connectivity index (χ0) is 8.55. The molecule has 1 unspecified atom stereocenters. The number of aliphatic imine (C=N–C) groups is 1. The average molecular weight is 201 g/mol. The summed E-state index contributed by atoms with van der Waals surface area (Å²) in [7, 11) is 0. The topological polar surface area (TPSA) is 24.4 Å². The van der Waals surface area contributed by atoms with Gasteiger partial charge < -0.3 is 5.32 Å². The maximum Gasteiger partial charge on any atom is 0.198 e. The van der Waals surface area contributed by atoms with Gasteiger partial charge in [-0.3, -0.25) is 0 Å². The van der Waals surface area contributed by atoms with Crippen LogP contribution in [0, 0.1) is 0 Å². The number of allylic oxidation sites excluding steroid dienone is 2. The number of rotatable bonds is 0. The Morgan fingerprint density at radius 1 is 1.33 bits per heavy atom. The van der Waals surface area contributed by atoms with Crippen LogP contribution in [-0.4, -0.2) is 11.3 Å². The van der Waals surface area contributed by atoms with Crippen molar-refractivity contribution in [2.24, 2.45) is 4.99 Å². The lowest BCUT2D eigenvalue weighted by atomic mass is 10.0. The van der Waals surface area contributed by atoms with Crippen LogP contribution in [0.2, 0.25) is 0 Å². The van der Waals surface area contributed by atoms with E-state index in [9.17, 15) is 0 Å². The van der Waals surface area contributed by atoms with Gasteiger partial charge in [0, 0.05) is 5.57 Å². The first-order valence-corrected chi connectivity index (χ1v) is 4.28. The lowest BCUT2D eigenvalue weighted by molar-refractivity contribution is 0.829. The van der Waals surface area contributed by atoms with Crippen molar-refractivity contribution in [2.45, 2.75) is 6.04 Å². The molecule has 0 radical (unpaired) electrons. The monoisotopic (exact) mass is 200 g/mol. The Morgan fingerprint density at radius 3 is 3.00 bits per heavy atom. The first kappa shape index (κ1) is 7.90. The van der Waals surface area contributed by atoms with Gasteiger partial charge >= 0.3 is 0 Å². The molecular weight excluding hydrogens is 195 g/mol. The predicted octanol–water partition coefficient (Wildman–Crippen LogP) is 2.13. The number of hydrogen-bond donors (Lipinski definition) is 1. The Bertz CT molecular complexity index is 326. The average Bonchev–Trinajstić information content (AvgIpc) is 2.04. The highest BCUT2D eigenvalue weighted by Gasteiger charge is 2.19. The molecule has 62 valence electrons. The van der Waals surface area contributed by atoms with E-state index in [0.29, 0.717) is 10.5 Å². The maximum atomic E-state index is 5.87. The van der Waals surface area contributed by atoms with Crippen LogP contribution in [0.4, 0.5) is 0 Å². The van der Waals surface area contributed by atoms with E-state index in [-0.39, 0.29) is 6.04 Å². The highest BCUT2D eigenvalue weighted by atomic mass is 35.5. The molecule has 0 saturated carbocycles. The Hall–Kier alpha value is -0.730. The van der Waals surface area contributed by atoms with E-state index in [2.05, 4.69) is 10.3 Å². The van der Waals surface area contributed by atoms with Crippen LogP contribution in [0.1, 0.15) is 0 Å². The van der Waals surface area contributed by atoms with Gasteiger partial charge in [-0.15, -0.1) is 0 Å². The van der Waals surface area contributed by atoms with Crippen molar-refractivity contribution in [1.29, 1.82) is 0 Å². The van der Waals surface area contributed by atoms with Crippen molar-refractivity contribution in [2.75, 3.05) is 0 Å². The van der Waals surface area contributed by atoms with Crippen LogP contribution in [0.5, 0.6) is 0 Å². The molecule has 0 bridgehead atoms. The Morgan fingerprint density at radius 2 is 2.17 bits per heavy atom. The summed E-state index contributed by atoms with van der Waals surface area (Å²) in [5, 5.41) is 3.79. The van der Waals surface area contributed by atoms with Crippen molar-refractivity contribution in [3.8, 4) is 0 Å². The van der Waals surface area contributed by atoms with Gasteiger partial charge in [0.15, 0.2) is 5.29 Å². The van der Waals surface area contributed by atoms with Gasteiger partial charge in [-0.2, -0.15) is 0 Å². The smallest absolute Gasteiger partial charge is 0.198 e. The molecular formula is C8H6Cl2N2. The quantitative estimate of drug-likeness (QED) is 0.596. The summed E-state index contributed by atoms with van der Waals surface area (Å²) in [6, 6.07) is 0.0764. The van der Waals surface area contributed by atoms with Crippen molar-refractivity contribution >= 4 is 28.5 Å². The molecule has 1 atom stereocenters. The Balaban J connectivity index is 2.44. The van der Waals surface area contributed by atoms with Crippen molar-refractivity contribution in [1.82, 2.24) is 5.32 Å². The van der Waals surface area contributed by atoms with Crippen molar-refractivity contribution in [3.05, 3.63) is 35.0 Å². The molecule has 1 aliphatic carbocycles. The molecule has 0 aromatic heterocycles. The first-order chi connectivity index (χ1) is 5.77. The number of nitrogens with one attached hydrogen (secondary N) is 1. The van der Waals surface area contributed by atoms with E-state index in [1.807, 2.05) is 24.3 Å². The fourth-order valence-electron chi connectivity index (χ4n) is 1.18. The van der Waals surface area contributed by atoms with E-state index in [0.717, 1.165) is 5.57 Å². The fourth-order valence-corrected chi connectivity index (χ4v) is 1.69. The molecule has 1 heterocycles. The zero-order valence-corrected chi connectivity index (χ0v) is 7.60. The second-order valence-corrected chi connectivity index (χ2v) is 3.23. The molecule has 1 N–H and O–H groups in total. The minimum absolute atomic E-state index is 0.0764. The SMILES string of the molecule is ClC1=NC(Cl)=C2C=CC=CC2N1. The summed E-state index contributed by atoms with van der Waals surface area (Å²) in [6.45, 7) is 0. The molecule has 0 saturated heterocycles. The maximum absolute atomic E-state index is 5.87. The summed E-state index contributed by atoms with van der Waals surface area (Å²) >= 11 is 11.6. The molecule has 0 aromatic carbocycles. The summed E-state index contributed by atoms with van der Waals surface area (Å²) in [4.78, 5) is 3.90. The summed E-state index contributed by atoms with van der Waals surface area (Å²) < 4.78 is 0. The molecule has 2 nitrogen and oxygen atoms in total. The summed E-state index contributed by atoms with van der Waals surface area (Å²) in [6.07, 6.45) is 7.77. The molecule has 0 amide bonds.